The molecule has 1 aliphatic rings. The lowest BCUT2D eigenvalue weighted by Crippen LogP contribution is -2.27. The highest BCUT2D eigenvalue weighted by molar-refractivity contribution is 5.40. The van der Waals surface area contributed by atoms with E-state index in [1.165, 1.54) is 12.8 Å². The number of aromatic nitrogens is 2. The SMILES string of the molecule is C=CCN(c1cncc(CNCCC)n1)C1CC1. The van der Waals surface area contributed by atoms with E-state index in [0.29, 0.717) is 6.04 Å². The predicted octanol–water partition coefficient (Wildman–Crippen LogP) is 2.13. The van der Waals surface area contributed by atoms with Gasteiger partial charge in [0.1, 0.15) is 5.82 Å². The van der Waals surface area contributed by atoms with E-state index in [9.17, 15) is 0 Å². The fourth-order valence-electron chi connectivity index (χ4n) is 1.97. The lowest BCUT2D eigenvalue weighted by molar-refractivity contribution is 0.660. The molecule has 0 spiro atoms. The predicted molar refractivity (Wildman–Crippen MR) is 74.6 cm³/mol. The molecule has 18 heavy (non-hydrogen) atoms. The first kappa shape index (κ1) is 13.0. The fourth-order valence-corrected chi connectivity index (χ4v) is 1.97. The van der Waals surface area contributed by atoms with Crippen LogP contribution in [0.25, 0.3) is 0 Å². The largest absolute Gasteiger partial charge is 0.349 e. The summed E-state index contributed by atoms with van der Waals surface area (Å²) < 4.78 is 0. The van der Waals surface area contributed by atoms with Crippen LogP contribution in [0.2, 0.25) is 0 Å². The maximum Gasteiger partial charge on any atom is 0.147 e. The van der Waals surface area contributed by atoms with Crippen LogP contribution in [0.3, 0.4) is 0 Å². The monoisotopic (exact) mass is 246 g/mol. The molecule has 0 bridgehead atoms. The average molecular weight is 246 g/mol. The minimum atomic E-state index is 0.635. The number of hydrogen-bond acceptors (Lipinski definition) is 4. The van der Waals surface area contributed by atoms with Crippen LogP contribution >= 0.6 is 0 Å². The standard InChI is InChI=1S/C14H22N4/c1-3-7-15-9-12-10-16-11-14(17-12)18(8-4-2)13-5-6-13/h4,10-11,13,15H,2-3,5-9H2,1H3. The Balaban J connectivity index is 2.02. The first-order chi connectivity index (χ1) is 8.85. The Morgan fingerprint density at radius 1 is 1.50 bits per heavy atom. The summed E-state index contributed by atoms with van der Waals surface area (Å²) in [6.07, 6.45) is 9.28. The normalized spacial score (nSPS) is 14.5. The van der Waals surface area contributed by atoms with Gasteiger partial charge in [0, 0.05) is 25.3 Å². The van der Waals surface area contributed by atoms with E-state index in [1.54, 1.807) is 0 Å². The average Bonchev–Trinajstić information content (AvgIpc) is 3.21. The second-order valence-corrected chi connectivity index (χ2v) is 4.72. The van der Waals surface area contributed by atoms with Gasteiger partial charge in [0.05, 0.1) is 11.9 Å². The first-order valence-electron chi connectivity index (χ1n) is 6.74. The van der Waals surface area contributed by atoms with Gasteiger partial charge in [0.15, 0.2) is 0 Å². The number of rotatable bonds is 8. The first-order valence-corrected chi connectivity index (χ1v) is 6.74. The molecule has 0 unspecified atom stereocenters. The highest BCUT2D eigenvalue weighted by atomic mass is 15.2. The van der Waals surface area contributed by atoms with E-state index in [-0.39, 0.29) is 0 Å². The van der Waals surface area contributed by atoms with Crippen molar-refractivity contribution in [1.29, 1.82) is 0 Å². The molecule has 1 saturated carbocycles. The molecule has 0 atom stereocenters. The Morgan fingerprint density at radius 2 is 2.33 bits per heavy atom. The van der Waals surface area contributed by atoms with Crippen molar-refractivity contribution >= 4 is 5.82 Å². The van der Waals surface area contributed by atoms with Crippen molar-refractivity contribution in [3.8, 4) is 0 Å². The summed E-state index contributed by atoms with van der Waals surface area (Å²) in [5, 5.41) is 3.35. The van der Waals surface area contributed by atoms with Gasteiger partial charge in [-0.25, -0.2) is 4.98 Å². The number of nitrogens with one attached hydrogen (secondary N) is 1. The Kier molecular flexibility index (Phi) is 4.70. The Labute approximate surface area is 109 Å². The molecule has 1 aromatic heterocycles. The van der Waals surface area contributed by atoms with Crippen molar-refractivity contribution in [2.24, 2.45) is 0 Å². The quantitative estimate of drug-likeness (QED) is 0.563. The van der Waals surface area contributed by atoms with Crippen LogP contribution in [0.5, 0.6) is 0 Å². The van der Waals surface area contributed by atoms with Crippen LogP contribution in [0, 0.1) is 0 Å². The number of nitrogens with zero attached hydrogens (tertiary/aromatic N) is 3. The van der Waals surface area contributed by atoms with Gasteiger partial charge in [-0.1, -0.05) is 13.0 Å². The second kappa shape index (κ2) is 6.50. The van der Waals surface area contributed by atoms with Gasteiger partial charge in [-0.05, 0) is 25.8 Å². The van der Waals surface area contributed by atoms with Crippen molar-refractivity contribution in [2.75, 3.05) is 18.0 Å². The molecule has 0 radical (unpaired) electrons. The highest BCUT2D eigenvalue weighted by Crippen LogP contribution is 2.30. The second-order valence-electron chi connectivity index (χ2n) is 4.72. The smallest absolute Gasteiger partial charge is 0.147 e. The molecule has 4 nitrogen and oxygen atoms in total. The summed E-state index contributed by atoms with van der Waals surface area (Å²) in [7, 11) is 0. The zero-order chi connectivity index (χ0) is 12.8. The van der Waals surface area contributed by atoms with Gasteiger partial charge in [-0.3, -0.25) is 4.98 Å². The van der Waals surface area contributed by atoms with Crippen LogP contribution in [0.1, 0.15) is 31.9 Å². The van der Waals surface area contributed by atoms with Crippen molar-refractivity contribution in [3.63, 3.8) is 0 Å². The summed E-state index contributed by atoms with van der Waals surface area (Å²) in [6, 6.07) is 0.635. The van der Waals surface area contributed by atoms with E-state index < -0.39 is 0 Å². The molecular weight excluding hydrogens is 224 g/mol. The Hall–Kier alpha value is -1.42. The van der Waals surface area contributed by atoms with E-state index >= 15 is 0 Å². The van der Waals surface area contributed by atoms with E-state index in [4.69, 9.17) is 0 Å². The number of hydrogen-bond donors (Lipinski definition) is 1. The van der Waals surface area contributed by atoms with E-state index in [0.717, 1.165) is 37.6 Å². The minimum Gasteiger partial charge on any atom is -0.349 e. The van der Waals surface area contributed by atoms with Crippen LogP contribution in [0.15, 0.2) is 25.0 Å². The van der Waals surface area contributed by atoms with Gasteiger partial charge in [-0.2, -0.15) is 0 Å². The van der Waals surface area contributed by atoms with Gasteiger partial charge >= 0.3 is 0 Å². The molecule has 0 saturated heterocycles. The minimum absolute atomic E-state index is 0.635. The summed E-state index contributed by atoms with van der Waals surface area (Å²) in [4.78, 5) is 11.3. The Bertz CT molecular complexity index is 387. The van der Waals surface area contributed by atoms with Gasteiger partial charge in [0.25, 0.3) is 0 Å². The topological polar surface area (TPSA) is 41.1 Å². The van der Waals surface area contributed by atoms with Gasteiger partial charge in [0.2, 0.25) is 0 Å². The van der Waals surface area contributed by atoms with Gasteiger partial charge in [-0.15, -0.1) is 6.58 Å². The molecule has 1 N–H and O–H groups in total. The molecular formula is C14H22N4. The molecule has 98 valence electrons. The summed E-state index contributed by atoms with van der Waals surface area (Å²) >= 11 is 0. The molecule has 0 aliphatic heterocycles. The van der Waals surface area contributed by atoms with Gasteiger partial charge < -0.3 is 10.2 Å². The van der Waals surface area contributed by atoms with E-state index in [1.807, 2.05) is 18.5 Å². The van der Waals surface area contributed by atoms with Crippen LogP contribution < -0.4 is 10.2 Å². The fraction of sp³-hybridized carbons (Fsp3) is 0.571. The lowest BCUT2D eigenvalue weighted by atomic mass is 10.4. The van der Waals surface area contributed by atoms with Crippen molar-refractivity contribution in [1.82, 2.24) is 15.3 Å². The molecule has 1 aliphatic carbocycles. The third-order valence-corrected chi connectivity index (χ3v) is 3.01. The third kappa shape index (κ3) is 3.53. The summed E-state index contributed by atoms with van der Waals surface area (Å²) in [5.41, 5.74) is 1.01. The van der Waals surface area contributed by atoms with Crippen molar-refractivity contribution in [3.05, 3.63) is 30.7 Å². The molecule has 1 fully saturated rings. The zero-order valence-corrected chi connectivity index (χ0v) is 11.1. The molecule has 0 amide bonds. The lowest BCUT2D eigenvalue weighted by Gasteiger charge is -2.21. The Morgan fingerprint density at radius 3 is 3.00 bits per heavy atom. The summed E-state index contributed by atoms with van der Waals surface area (Å²) in [6.45, 7) is 8.64. The molecule has 2 rings (SSSR count). The van der Waals surface area contributed by atoms with E-state index in [2.05, 4.69) is 33.7 Å². The van der Waals surface area contributed by atoms with Crippen LogP contribution in [-0.2, 0) is 6.54 Å². The third-order valence-electron chi connectivity index (χ3n) is 3.01. The molecule has 0 aromatic carbocycles. The van der Waals surface area contributed by atoms with Crippen molar-refractivity contribution < 1.29 is 0 Å². The van der Waals surface area contributed by atoms with Crippen LogP contribution in [-0.4, -0.2) is 29.1 Å². The zero-order valence-electron chi connectivity index (χ0n) is 11.1. The highest BCUT2D eigenvalue weighted by Gasteiger charge is 2.29. The number of anilines is 1. The summed E-state index contributed by atoms with van der Waals surface area (Å²) in [5.74, 6) is 0.980. The maximum atomic E-state index is 4.68. The van der Waals surface area contributed by atoms with Crippen LogP contribution in [0.4, 0.5) is 5.82 Å². The maximum absolute atomic E-state index is 4.68. The molecule has 1 heterocycles. The van der Waals surface area contributed by atoms with Crippen molar-refractivity contribution in [2.45, 2.75) is 38.8 Å². The molecule has 1 aromatic rings. The molecule has 4 heteroatoms.